The monoisotopic (exact) mass is 332 g/mol. The lowest BCUT2D eigenvalue weighted by Gasteiger charge is -2.08. The summed E-state index contributed by atoms with van der Waals surface area (Å²) in [6, 6.07) is 19.1. The Bertz CT molecular complexity index is 1070. The van der Waals surface area contributed by atoms with Crippen LogP contribution in [0.25, 0.3) is 21.8 Å². The zero-order chi connectivity index (χ0) is 17.2. The molecule has 25 heavy (non-hydrogen) atoms. The quantitative estimate of drug-likeness (QED) is 0.422. The fraction of sp³-hybridized carbons (Fsp3) is 0.100. The molecule has 0 aliphatic rings. The van der Waals surface area contributed by atoms with Crippen LogP contribution in [0.4, 0.5) is 0 Å². The van der Waals surface area contributed by atoms with Crippen LogP contribution in [0.3, 0.4) is 0 Å². The van der Waals surface area contributed by atoms with E-state index >= 15 is 0 Å². The third-order valence-corrected chi connectivity index (χ3v) is 4.01. The lowest BCUT2D eigenvalue weighted by molar-refractivity contribution is -0.136. The van der Waals surface area contributed by atoms with Gasteiger partial charge >= 0.3 is 5.97 Å². The SMILES string of the molecule is Cn1cnc2cc(OC(=O)COc3ccc4ccccc4c3)ccc21. The van der Waals surface area contributed by atoms with Crippen molar-refractivity contribution in [3.05, 3.63) is 67.0 Å². The van der Waals surface area contributed by atoms with Gasteiger partial charge in [-0.2, -0.15) is 0 Å². The first-order valence-corrected chi connectivity index (χ1v) is 7.92. The summed E-state index contributed by atoms with van der Waals surface area (Å²) >= 11 is 0. The maximum atomic E-state index is 12.0. The summed E-state index contributed by atoms with van der Waals surface area (Å²) in [6.45, 7) is -0.154. The predicted octanol–water partition coefficient (Wildman–Crippen LogP) is 3.71. The number of imidazole rings is 1. The molecule has 124 valence electrons. The van der Waals surface area contributed by atoms with Crippen molar-refractivity contribution in [3.8, 4) is 11.5 Å². The van der Waals surface area contributed by atoms with Crippen LogP contribution in [0.15, 0.2) is 67.0 Å². The number of esters is 1. The molecule has 4 aromatic rings. The van der Waals surface area contributed by atoms with Gasteiger partial charge in [0.1, 0.15) is 11.5 Å². The zero-order valence-corrected chi connectivity index (χ0v) is 13.7. The maximum Gasteiger partial charge on any atom is 0.349 e. The first-order valence-electron chi connectivity index (χ1n) is 7.92. The van der Waals surface area contributed by atoms with Gasteiger partial charge in [-0.15, -0.1) is 0 Å². The molecule has 0 aliphatic heterocycles. The molecule has 0 bridgehead atoms. The number of ether oxygens (including phenoxy) is 2. The molecule has 0 saturated heterocycles. The average Bonchev–Trinajstić information content (AvgIpc) is 3.00. The minimum Gasteiger partial charge on any atom is -0.482 e. The molecular formula is C20H16N2O3. The Balaban J connectivity index is 1.42. The molecule has 0 unspecified atom stereocenters. The molecule has 4 rings (SSSR count). The number of rotatable bonds is 4. The lowest BCUT2D eigenvalue weighted by atomic mass is 10.1. The normalized spacial score (nSPS) is 10.9. The van der Waals surface area contributed by atoms with E-state index in [2.05, 4.69) is 4.98 Å². The van der Waals surface area contributed by atoms with E-state index in [-0.39, 0.29) is 6.61 Å². The van der Waals surface area contributed by atoms with E-state index < -0.39 is 5.97 Å². The van der Waals surface area contributed by atoms with E-state index in [1.54, 1.807) is 18.5 Å². The summed E-state index contributed by atoms with van der Waals surface area (Å²) in [5.74, 6) is 0.637. The second kappa shape index (κ2) is 6.28. The number of hydrogen-bond donors (Lipinski definition) is 0. The van der Waals surface area contributed by atoms with Crippen molar-refractivity contribution < 1.29 is 14.3 Å². The Morgan fingerprint density at radius 2 is 1.80 bits per heavy atom. The number of carbonyl (C=O) groups excluding carboxylic acids is 1. The van der Waals surface area contributed by atoms with Crippen LogP contribution in [0.2, 0.25) is 0 Å². The number of carbonyl (C=O) groups is 1. The fourth-order valence-corrected chi connectivity index (χ4v) is 2.74. The van der Waals surface area contributed by atoms with E-state index in [0.717, 1.165) is 21.8 Å². The standard InChI is InChI=1S/C20H16N2O3/c1-22-13-21-18-11-17(8-9-19(18)22)25-20(23)12-24-16-7-6-14-4-2-3-5-15(14)10-16/h2-11,13H,12H2,1H3. The molecule has 5 nitrogen and oxygen atoms in total. The second-order valence-electron chi connectivity index (χ2n) is 5.78. The van der Waals surface area contributed by atoms with Gasteiger partial charge in [-0.3, -0.25) is 0 Å². The summed E-state index contributed by atoms with van der Waals surface area (Å²) in [5, 5.41) is 2.19. The van der Waals surface area contributed by atoms with E-state index in [0.29, 0.717) is 11.5 Å². The van der Waals surface area contributed by atoms with Crippen LogP contribution >= 0.6 is 0 Å². The third kappa shape index (κ3) is 3.17. The van der Waals surface area contributed by atoms with Crippen LogP contribution in [-0.2, 0) is 11.8 Å². The largest absolute Gasteiger partial charge is 0.482 e. The highest BCUT2D eigenvalue weighted by atomic mass is 16.6. The fourth-order valence-electron chi connectivity index (χ4n) is 2.74. The highest BCUT2D eigenvalue weighted by Crippen LogP contribution is 2.21. The number of aryl methyl sites for hydroxylation is 1. The minimum absolute atomic E-state index is 0.154. The Hall–Kier alpha value is -3.34. The summed E-state index contributed by atoms with van der Waals surface area (Å²) in [6.07, 6.45) is 1.72. The Morgan fingerprint density at radius 1 is 1.00 bits per heavy atom. The second-order valence-corrected chi connectivity index (χ2v) is 5.78. The molecule has 1 heterocycles. The molecule has 0 radical (unpaired) electrons. The predicted molar refractivity (Wildman–Crippen MR) is 95.8 cm³/mol. The topological polar surface area (TPSA) is 53.4 Å². The number of nitrogens with zero attached hydrogens (tertiary/aromatic N) is 2. The van der Waals surface area contributed by atoms with Crippen LogP contribution in [0, 0.1) is 0 Å². The molecule has 3 aromatic carbocycles. The summed E-state index contributed by atoms with van der Waals surface area (Å²) in [7, 11) is 1.92. The van der Waals surface area contributed by atoms with Gasteiger partial charge in [0, 0.05) is 13.1 Å². The van der Waals surface area contributed by atoms with Crippen molar-refractivity contribution in [2.75, 3.05) is 6.61 Å². The molecule has 0 saturated carbocycles. The zero-order valence-electron chi connectivity index (χ0n) is 13.7. The molecular weight excluding hydrogens is 316 g/mol. The maximum absolute atomic E-state index is 12.0. The van der Waals surface area contributed by atoms with Crippen molar-refractivity contribution in [1.29, 1.82) is 0 Å². The molecule has 0 spiro atoms. The Kier molecular flexibility index (Phi) is 3.82. The van der Waals surface area contributed by atoms with Crippen LogP contribution < -0.4 is 9.47 Å². The van der Waals surface area contributed by atoms with Gasteiger partial charge < -0.3 is 14.0 Å². The van der Waals surface area contributed by atoms with Gasteiger partial charge in [-0.25, -0.2) is 9.78 Å². The van der Waals surface area contributed by atoms with Gasteiger partial charge in [0.25, 0.3) is 0 Å². The van der Waals surface area contributed by atoms with Crippen molar-refractivity contribution in [2.24, 2.45) is 7.05 Å². The molecule has 0 amide bonds. The van der Waals surface area contributed by atoms with E-state index in [4.69, 9.17) is 9.47 Å². The van der Waals surface area contributed by atoms with Crippen molar-refractivity contribution in [1.82, 2.24) is 9.55 Å². The van der Waals surface area contributed by atoms with E-state index in [1.165, 1.54) is 0 Å². The molecule has 0 N–H and O–H groups in total. The van der Waals surface area contributed by atoms with Crippen molar-refractivity contribution in [3.63, 3.8) is 0 Å². The molecule has 0 aliphatic carbocycles. The molecule has 1 aromatic heterocycles. The summed E-state index contributed by atoms with van der Waals surface area (Å²) in [4.78, 5) is 16.3. The Labute approximate surface area is 144 Å². The summed E-state index contributed by atoms with van der Waals surface area (Å²) < 4.78 is 12.8. The van der Waals surface area contributed by atoms with E-state index in [9.17, 15) is 4.79 Å². The van der Waals surface area contributed by atoms with Gasteiger partial charge in [0.15, 0.2) is 6.61 Å². The number of aromatic nitrogens is 2. The first-order chi connectivity index (χ1) is 12.2. The molecule has 5 heteroatoms. The summed E-state index contributed by atoms with van der Waals surface area (Å²) in [5.41, 5.74) is 1.76. The van der Waals surface area contributed by atoms with Gasteiger partial charge in [-0.05, 0) is 35.0 Å². The Morgan fingerprint density at radius 3 is 2.68 bits per heavy atom. The van der Waals surface area contributed by atoms with Gasteiger partial charge in [-0.1, -0.05) is 30.3 Å². The number of hydrogen-bond acceptors (Lipinski definition) is 4. The number of fused-ring (bicyclic) bond motifs is 2. The van der Waals surface area contributed by atoms with E-state index in [1.807, 2.05) is 60.1 Å². The average molecular weight is 332 g/mol. The van der Waals surface area contributed by atoms with Crippen LogP contribution in [0.5, 0.6) is 11.5 Å². The molecule has 0 fully saturated rings. The smallest absolute Gasteiger partial charge is 0.349 e. The van der Waals surface area contributed by atoms with Crippen LogP contribution in [0.1, 0.15) is 0 Å². The van der Waals surface area contributed by atoms with Crippen LogP contribution in [-0.4, -0.2) is 22.1 Å². The third-order valence-electron chi connectivity index (χ3n) is 4.01. The van der Waals surface area contributed by atoms with Crippen molar-refractivity contribution in [2.45, 2.75) is 0 Å². The highest BCUT2D eigenvalue weighted by molar-refractivity contribution is 5.84. The molecule has 0 atom stereocenters. The number of benzene rings is 3. The lowest BCUT2D eigenvalue weighted by Crippen LogP contribution is -2.17. The first kappa shape index (κ1) is 15.2. The minimum atomic E-state index is -0.455. The van der Waals surface area contributed by atoms with Gasteiger partial charge in [0.2, 0.25) is 0 Å². The highest BCUT2D eigenvalue weighted by Gasteiger charge is 2.08. The van der Waals surface area contributed by atoms with Crippen molar-refractivity contribution >= 4 is 27.8 Å². The van der Waals surface area contributed by atoms with Gasteiger partial charge in [0.05, 0.1) is 17.4 Å².